The number of hydrogen-bond donors (Lipinski definition) is 2. The average Bonchev–Trinajstić information content (AvgIpc) is 2.75. The monoisotopic (exact) mass is 399 g/mol. The van der Waals surface area contributed by atoms with Gasteiger partial charge < -0.3 is 19.5 Å². The molecule has 0 aliphatic rings. The van der Waals surface area contributed by atoms with Crippen molar-refractivity contribution in [2.24, 2.45) is 5.10 Å². The first kappa shape index (κ1) is 21.7. The largest absolute Gasteiger partial charge is 0.497 e. The van der Waals surface area contributed by atoms with Gasteiger partial charge in [0.1, 0.15) is 18.1 Å². The summed E-state index contributed by atoms with van der Waals surface area (Å²) in [5.74, 6) is 1.28. The lowest BCUT2D eigenvalue weighted by Gasteiger charge is -2.07. The van der Waals surface area contributed by atoms with Gasteiger partial charge in [-0.1, -0.05) is 24.3 Å². The summed E-state index contributed by atoms with van der Waals surface area (Å²) in [6.45, 7) is 2.15. The number of rotatable bonds is 9. The molecule has 0 saturated heterocycles. The van der Waals surface area contributed by atoms with Crippen LogP contribution >= 0.6 is 0 Å². The van der Waals surface area contributed by atoms with Crippen LogP contribution in [0.25, 0.3) is 0 Å². The van der Waals surface area contributed by atoms with Crippen LogP contribution in [0.15, 0.2) is 53.6 Å². The first-order chi connectivity index (χ1) is 14.0. The molecule has 0 atom stereocenters. The van der Waals surface area contributed by atoms with E-state index in [0.29, 0.717) is 12.3 Å². The highest BCUT2D eigenvalue weighted by molar-refractivity contribution is 5.99. The van der Waals surface area contributed by atoms with Crippen LogP contribution in [0.4, 0.5) is 4.79 Å². The lowest BCUT2D eigenvalue weighted by atomic mass is 10.2. The van der Waals surface area contributed by atoms with Gasteiger partial charge in [-0.15, -0.1) is 0 Å². The predicted octanol–water partition coefficient (Wildman–Crippen LogP) is 3.01. The van der Waals surface area contributed by atoms with E-state index in [4.69, 9.17) is 14.2 Å². The standard InChI is InChI=1S/C21H25N3O5/c1-15(12-20(25)22-13-16-4-8-18(27-2)9-5-16)23-24-21(26)29-14-17-6-10-19(28-3)11-7-17/h4-11H,12-14H2,1-3H3,(H,22,25)(H,24,26). The van der Waals surface area contributed by atoms with E-state index in [9.17, 15) is 9.59 Å². The molecule has 0 aromatic heterocycles. The number of hydrazone groups is 1. The molecule has 29 heavy (non-hydrogen) atoms. The second kappa shape index (κ2) is 11.3. The van der Waals surface area contributed by atoms with Crippen molar-refractivity contribution in [2.75, 3.05) is 14.2 Å². The number of nitrogens with zero attached hydrogens (tertiary/aromatic N) is 1. The van der Waals surface area contributed by atoms with Crippen LogP contribution in [0.1, 0.15) is 24.5 Å². The Morgan fingerprint density at radius 3 is 2.00 bits per heavy atom. The molecule has 0 aliphatic heterocycles. The van der Waals surface area contributed by atoms with Crippen molar-refractivity contribution < 1.29 is 23.8 Å². The summed E-state index contributed by atoms with van der Waals surface area (Å²) in [6.07, 6.45) is -0.631. The molecule has 0 saturated carbocycles. The molecule has 8 heteroatoms. The Labute approximate surface area is 169 Å². The summed E-state index contributed by atoms with van der Waals surface area (Å²) in [5.41, 5.74) is 4.50. The Bertz CT molecular complexity index is 832. The first-order valence-corrected chi connectivity index (χ1v) is 8.98. The van der Waals surface area contributed by atoms with Crippen molar-refractivity contribution in [3.05, 3.63) is 59.7 Å². The maximum atomic E-state index is 12.0. The average molecular weight is 399 g/mol. The fourth-order valence-corrected chi connectivity index (χ4v) is 2.32. The van der Waals surface area contributed by atoms with Crippen LogP contribution in [0.5, 0.6) is 11.5 Å². The molecule has 0 radical (unpaired) electrons. The van der Waals surface area contributed by atoms with E-state index in [-0.39, 0.29) is 18.9 Å². The molecular weight excluding hydrogens is 374 g/mol. The third-order valence-electron chi connectivity index (χ3n) is 3.93. The van der Waals surface area contributed by atoms with Crippen LogP contribution in [-0.2, 0) is 22.7 Å². The van der Waals surface area contributed by atoms with Gasteiger partial charge in [-0.3, -0.25) is 4.79 Å². The van der Waals surface area contributed by atoms with Gasteiger partial charge in [0.05, 0.1) is 20.6 Å². The number of hydrogen-bond acceptors (Lipinski definition) is 6. The van der Waals surface area contributed by atoms with Crippen molar-refractivity contribution in [3.63, 3.8) is 0 Å². The molecule has 0 bridgehead atoms. The second-order valence-corrected chi connectivity index (χ2v) is 6.18. The van der Waals surface area contributed by atoms with Crippen molar-refractivity contribution in [3.8, 4) is 11.5 Å². The number of nitrogens with one attached hydrogen (secondary N) is 2. The van der Waals surface area contributed by atoms with Crippen LogP contribution in [0, 0.1) is 0 Å². The zero-order chi connectivity index (χ0) is 21.1. The molecule has 2 aromatic rings. The van der Waals surface area contributed by atoms with E-state index < -0.39 is 6.09 Å². The Kier molecular flexibility index (Phi) is 8.50. The summed E-state index contributed by atoms with van der Waals surface area (Å²) in [4.78, 5) is 23.7. The lowest BCUT2D eigenvalue weighted by Crippen LogP contribution is -2.26. The molecule has 0 unspecified atom stereocenters. The summed E-state index contributed by atoms with van der Waals surface area (Å²) >= 11 is 0. The van der Waals surface area contributed by atoms with E-state index in [1.165, 1.54) is 0 Å². The Morgan fingerprint density at radius 2 is 1.45 bits per heavy atom. The minimum Gasteiger partial charge on any atom is -0.497 e. The molecule has 2 amide bonds. The van der Waals surface area contributed by atoms with E-state index in [0.717, 1.165) is 22.6 Å². The molecule has 0 fully saturated rings. The number of amides is 2. The molecule has 0 aliphatic carbocycles. The third-order valence-corrected chi connectivity index (χ3v) is 3.93. The smallest absolute Gasteiger partial charge is 0.428 e. The maximum Gasteiger partial charge on any atom is 0.428 e. The Hall–Kier alpha value is -3.55. The summed E-state index contributed by atoms with van der Waals surface area (Å²) in [6, 6.07) is 14.6. The van der Waals surface area contributed by atoms with Gasteiger partial charge in [0.25, 0.3) is 0 Å². The van der Waals surface area contributed by atoms with Crippen molar-refractivity contribution >= 4 is 17.7 Å². The van der Waals surface area contributed by atoms with Crippen LogP contribution < -0.4 is 20.2 Å². The van der Waals surface area contributed by atoms with E-state index >= 15 is 0 Å². The maximum absolute atomic E-state index is 12.0. The van der Waals surface area contributed by atoms with Crippen molar-refractivity contribution in [2.45, 2.75) is 26.5 Å². The molecule has 2 N–H and O–H groups in total. The normalized spacial score (nSPS) is 10.8. The Morgan fingerprint density at radius 1 is 0.897 bits per heavy atom. The highest BCUT2D eigenvalue weighted by atomic mass is 16.6. The summed E-state index contributed by atoms with van der Waals surface area (Å²) in [5, 5.41) is 6.67. The van der Waals surface area contributed by atoms with E-state index in [1.807, 2.05) is 24.3 Å². The number of carbonyl (C=O) groups excluding carboxylic acids is 2. The van der Waals surface area contributed by atoms with Gasteiger partial charge in [-0.25, -0.2) is 10.2 Å². The zero-order valence-electron chi connectivity index (χ0n) is 16.7. The highest BCUT2D eigenvalue weighted by Crippen LogP contribution is 2.12. The van der Waals surface area contributed by atoms with Gasteiger partial charge in [-0.05, 0) is 42.3 Å². The molecular formula is C21H25N3O5. The summed E-state index contributed by atoms with van der Waals surface area (Å²) < 4.78 is 15.2. The third kappa shape index (κ3) is 7.92. The van der Waals surface area contributed by atoms with E-state index in [2.05, 4.69) is 15.8 Å². The molecule has 2 aromatic carbocycles. The minimum absolute atomic E-state index is 0.0644. The van der Waals surface area contributed by atoms with Gasteiger partial charge >= 0.3 is 6.09 Å². The second-order valence-electron chi connectivity index (χ2n) is 6.18. The SMILES string of the molecule is COc1ccc(CNC(=O)CC(C)=NNC(=O)OCc2ccc(OC)cc2)cc1. The molecule has 0 heterocycles. The topological polar surface area (TPSA) is 98.2 Å². The zero-order valence-corrected chi connectivity index (χ0v) is 16.7. The van der Waals surface area contributed by atoms with Crippen molar-refractivity contribution in [1.82, 2.24) is 10.7 Å². The van der Waals surface area contributed by atoms with Gasteiger partial charge in [0.15, 0.2) is 0 Å². The lowest BCUT2D eigenvalue weighted by molar-refractivity contribution is -0.120. The van der Waals surface area contributed by atoms with Crippen LogP contribution in [-0.4, -0.2) is 31.9 Å². The van der Waals surface area contributed by atoms with Crippen LogP contribution in [0.2, 0.25) is 0 Å². The molecule has 0 spiro atoms. The van der Waals surface area contributed by atoms with E-state index in [1.54, 1.807) is 45.4 Å². The molecule has 2 rings (SSSR count). The number of benzene rings is 2. The summed E-state index contributed by atoms with van der Waals surface area (Å²) in [7, 11) is 3.18. The molecule has 154 valence electrons. The first-order valence-electron chi connectivity index (χ1n) is 8.98. The van der Waals surface area contributed by atoms with Gasteiger partial charge in [-0.2, -0.15) is 5.10 Å². The van der Waals surface area contributed by atoms with Gasteiger partial charge in [0.2, 0.25) is 5.91 Å². The number of carbonyl (C=O) groups is 2. The highest BCUT2D eigenvalue weighted by Gasteiger charge is 2.06. The fourth-order valence-electron chi connectivity index (χ4n) is 2.32. The molecule has 8 nitrogen and oxygen atoms in total. The van der Waals surface area contributed by atoms with Crippen molar-refractivity contribution in [1.29, 1.82) is 0 Å². The number of methoxy groups -OCH3 is 2. The van der Waals surface area contributed by atoms with Crippen LogP contribution in [0.3, 0.4) is 0 Å². The Balaban J connectivity index is 1.69. The number of ether oxygens (including phenoxy) is 3. The minimum atomic E-state index is -0.696. The fraction of sp³-hybridized carbons (Fsp3) is 0.286. The van der Waals surface area contributed by atoms with Gasteiger partial charge in [0, 0.05) is 12.3 Å². The quantitative estimate of drug-likeness (QED) is 0.499. The predicted molar refractivity (Wildman–Crippen MR) is 109 cm³/mol.